The first-order chi connectivity index (χ1) is 9.20. The molecule has 0 saturated heterocycles. The van der Waals surface area contributed by atoms with Crippen LogP contribution in [0.25, 0.3) is 0 Å². The van der Waals surface area contributed by atoms with Crippen molar-refractivity contribution < 1.29 is 14.3 Å². The zero-order valence-electron chi connectivity index (χ0n) is 10.8. The van der Waals surface area contributed by atoms with E-state index in [9.17, 15) is 4.79 Å². The first-order valence-electron chi connectivity index (χ1n) is 6.12. The molecular formula is C15H16O4. The number of aliphatic hydroxyl groups excluding tert-OH is 1. The standard InChI is InChI=1S/C15H16O4/c1-11-9-13(17)15(14(19-11)7-8-16)18-10-12-5-3-2-4-6-12/h2-6,9,16H,7-8,10H2,1H3. The molecule has 0 aliphatic heterocycles. The van der Waals surface area contributed by atoms with Gasteiger partial charge >= 0.3 is 0 Å². The molecule has 0 amide bonds. The maximum Gasteiger partial charge on any atom is 0.227 e. The highest BCUT2D eigenvalue weighted by atomic mass is 16.5. The smallest absolute Gasteiger partial charge is 0.227 e. The van der Waals surface area contributed by atoms with Gasteiger partial charge in [0.15, 0.2) is 5.76 Å². The summed E-state index contributed by atoms with van der Waals surface area (Å²) in [5.41, 5.74) is 0.751. The van der Waals surface area contributed by atoms with Crippen molar-refractivity contribution in [2.75, 3.05) is 6.61 Å². The molecule has 100 valence electrons. The van der Waals surface area contributed by atoms with Crippen LogP contribution in [0.4, 0.5) is 0 Å². The summed E-state index contributed by atoms with van der Waals surface area (Å²) >= 11 is 0. The van der Waals surface area contributed by atoms with Gasteiger partial charge in [-0.25, -0.2) is 0 Å². The predicted octanol–water partition coefficient (Wildman–Crippen LogP) is 2.06. The molecule has 2 rings (SSSR count). The van der Waals surface area contributed by atoms with Crippen LogP contribution < -0.4 is 10.2 Å². The third-order valence-electron chi connectivity index (χ3n) is 2.66. The molecule has 2 aromatic rings. The Kier molecular flexibility index (Phi) is 4.36. The Morgan fingerprint density at radius 1 is 1.26 bits per heavy atom. The number of aryl methyl sites for hydroxylation is 1. The lowest BCUT2D eigenvalue weighted by molar-refractivity contribution is 0.256. The highest BCUT2D eigenvalue weighted by Gasteiger charge is 2.12. The third-order valence-corrected chi connectivity index (χ3v) is 2.66. The molecule has 1 aromatic carbocycles. The fourth-order valence-electron chi connectivity index (χ4n) is 1.81. The molecule has 0 spiro atoms. The average Bonchev–Trinajstić information content (AvgIpc) is 2.39. The van der Waals surface area contributed by atoms with E-state index in [0.29, 0.717) is 18.1 Å². The number of hydrogen-bond donors (Lipinski definition) is 1. The van der Waals surface area contributed by atoms with Gasteiger partial charge in [0.2, 0.25) is 11.2 Å². The molecule has 0 aliphatic rings. The van der Waals surface area contributed by atoms with Crippen molar-refractivity contribution in [1.82, 2.24) is 0 Å². The Morgan fingerprint density at radius 3 is 2.68 bits per heavy atom. The fraction of sp³-hybridized carbons (Fsp3) is 0.267. The zero-order chi connectivity index (χ0) is 13.7. The number of aliphatic hydroxyl groups is 1. The van der Waals surface area contributed by atoms with Gasteiger partial charge in [0, 0.05) is 12.5 Å². The largest absolute Gasteiger partial charge is 0.482 e. The summed E-state index contributed by atoms with van der Waals surface area (Å²) in [5, 5.41) is 8.99. The second kappa shape index (κ2) is 6.20. The Balaban J connectivity index is 2.22. The number of ether oxygens (including phenoxy) is 1. The predicted molar refractivity (Wildman–Crippen MR) is 71.3 cm³/mol. The first-order valence-corrected chi connectivity index (χ1v) is 6.12. The average molecular weight is 260 g/mol. The highest BCUT2D eigenvalue weighted by molar-refractivity contribution is 5.27. The molecule has 0 unspecified atom stereocenters. The van der Waals surface area contributed by atoms with Crippen molar-refractivity contribution in [2.24, 2.45) is 0 Å². The van der Waals surface area contributed by atoms with E-state index in [1.807, 2.05) is 30.3 Å². The summed E-state index contributed by atoms with van der Waals surface area (Å²) in [6.07, 6.45) is 0.265. The molecule has 0 aliphatic carbocycles. The summed E-state index contributed by atoms with van der Waals surface area (Å²) < 4.78 is 11.0. The van der Waals surface area contributed by atoms with E-state index in [4.69, 9.17) is 14.3 Å². The normalized spacial score (nSPS) is 10.4. The minimum Gasteiger partial charge on any atom is -0.482 e. The molecule has 0 atom stereocenters. The van der Waals surface area contributed by atoms with Gasteiger partial charge in [-0.3, -0.25) is 4.79 Å². The molecular weight excluding hydrogens is 244 g/mol. The van der Waals surface area contributed by atoms with Crippen LogP contribution >= 0.6 is 0 Å². The van der Waals surface area contributed by atoms with Crippen LogP contribution in [0.2, 0.25) is 0 Å². The van der Waals surface area contributed by atoms with Crippen LogP contribution in [0, 0.1) is 6.92 Å². The maximum absolute atomic E-state index is 11.9. The first kappa shape index (κ1) is 13.4. The lowest BCUT2D eigenvalue weighted by Crippen LogP contribution is -2.11. The SMILES string of the molecule is Cc1cc(=O)c(OCc2ccccc2)c(CCO)o1. The van der Waals surface area contributed by atoms with E-state index in [1.54, 1.807) is 6.92 Å². The van der Waals surface area contributed by atoms with E-state index in [1.165, 1.54) is 6.07 Å². The molecule has 1 heterocycles. The van der Waals surface area contributed by atoms with Crippen LogP contribution in [-0.2, 0) is 13.0 Å². The maximum atomic E-state index is 11.9. The van der Waals surface area contributed by atoms with Crippen LogP contribution in [0.3, 0.4) is 0 Å². The second-order valence-electron chi connectivity index (χ2n) is 4.22. The summed E-state index contributed by atoms with van der Waals surface area (Å²) in [6, 6.07) is 11.0. The Hall–Kier alpha value is -2.07. The molecule has 4 nitrogen and oxygen atoms in total. The topological polar surface area (TPSA) is 59.7 Å². The summed E-state index contributed by atoms with van der Waals surface area (Å²) in [7, 11) is 0. The van der Waals surface area contributed by atoms with Crippen LogP contribution in [0.1, 0.15) is 17.1 Å². The van der Waals surface area contributed by atoms with Crippen LogP contribution in [0.5, 0.6) is 5.75 Å². The number of rotatable bonds is 5. The molecule has 0 bridgehead atoms. The van der Waals surface area contributed by atoms with Crippen LogP contribution in [-0.4, -0.2) is 11.7 Å². The Morgan fingerprint density at radius 2 is 2.00 bits per heavy atom. The zero-order valence-corrected chi connectivity index (χ0v) is 10.8. The highest BCUT2D eigenvalue weighted by Crippen LogP contribution is 2.17. The Labute approximate surface area is 111 Å². The minimum absolute atomic E-state index is 0.0892. The quantitative estimate of drug-likeness (QED) is 0.894. The Bertz CT molecular complexity index is 587. The second-order valence-corrected chi connectivity index (χ2v) is 4.22. The molecule has 0 radical (unpaired) electrons. The van der Waals surface area contributed by atoms with Crippen LogP contribution in [0.15, 0.2) is 45.6 Å². The van der Waals surface area contributed by atoms with E-state index in [2.05, 4.69) is 0 Å². The fourth-order valence-corrected chi connectivity index (χ4v) is 1.81. The van der Waals surface area contributed by atoms with Gasteiger partial charge in [-0.15, -0.1) is 0 Å². The molecule has 0 fully saturated rings. The minimum atomic E-state index is -0.219. The lowest BCUT2D eigenvalue weighted by atomic mass is 10.2. The van der Waals surface area contributed by atoms with Gasteiger partial charge in [0.25, 0.3) is 0 Å². The molecule has 1 N–H and O–H groups in total. The van der Waals surface area contributed by atoms with E-state index in [-0.39, 0.29) is 24.2 Å². The molecule has 0 saturated carbocycles. The van der Waals surface area contributed by atoms with E-state index >= 15 is 0 Å². The van der Waals surface area contributed by atoms with Gasteiger partial charge in [-0.1, -0.05) is 30.3 Å². The van der Waals surface area contributed by atoms with Gasteiger partial charge in [0.1, 0.15) is 12.4 Å². The monoisotopic (exact) mass is 260 g/mol. The molecule has 19 heavy (non-hydrogen) atoms. The molecule has 1 aromatic heterocycles. The van der Waals surface area contributed by atoms with Crippen molar-refractivity contribution in [3.05, 3.63) is 63.7 Å². The summed E-state index contributed by atoms with van der Waals surface area (Å²) in [5.74, 6) is 1.09. The van der Waals surface area contributed by atoms with Gasteiger partial charge in [0.05, 0.1) is 6.61 Å². The van der Waals surface area contributed by atoms with E-state index < -0.39 is 0 Å². The number of hydrogen-bond acceptors (Lipinski definition) is 4. The van der Waals surface area contributed by atoms with Crippen molar-refractivity contribution in [2.45, 2.75) is 20.0 Å². The summed E-state index contributed by atoms with van der Waals surface area (Å²) in [4.78, 5) is 11.9. The third kappa shape index (κ3) is 3.45. The van der Waals surface area contributed by atoms with Crippen molar-refractivity contribution >= 4 is 0 Å². The van der Waals surface area contributed by atoms with E-state index in [0.717, 1.165) is 5.56 Å². The summed E-state index contributed by atoms with van der Waals surface area (Å²) in [6.45, 7) is 1.91. The van der Waals surface area contributed by atoms with Gasteiger partial charge in [-0.2, -0.15) is 0 Å². The molecule has 4 heteroatoms. The van der Waals surface area contributed by atoms with Crippen molar-refractivity contribution in [3.63, 3.8) is 0 Å². The van der Waals surface area contributed by atoms with Crippen molar-refractivity contribution in [3.8, 4) is 5.75 Å². The van der Waals surface area contributed by atoms with Gasteiger partial charge < -0.3 is 14.3 Å². The number of benzene rings is 1. The van der Waals surface area contributed by atoms with Crippen molar-refractivity contribution in [1.29, 1.82) is 0 Å². The van der Waals surface area contributed by atoms with Gasteiger partial charge in [-0.05, 0) is 12.5 Å². The lowest BCUT2D eigenvalue weighted by Gasteiger charge is -2.10.